The normalized spacial score (nSPS) is 15.2. The van der Waals surface area contributed by atoms with E-state index < -0.39 is 5.60 Å². The van der Waals surface area contributed by atoms with Gasteiger partial charge in [0, 0.05) is 5.56 Å². The van der Waals surface area contributed by atoms with Crippen molar-refractivity contribution in [3.05, 3.63) is 71.3 Å². The minimum atomic E-state index is -0.443. The molecular weight excluding hydrogens is 283 g/mol. The molecule has 2 aromatic carbocycles. The molecule has 1 heterocycles. The Kier molecular flexibility index (Phi) is 3.95. The highest BCUT2D eigenvalue weighted by Gasteiger charge is 2.25. The smallest absolute Gasteiger partial charge is 0.189 e. The van der Waals surface area contributed by atoms with E-state index in [1.165, 1.54) is 0 Å². The van der Waals surface area contributed by atoms with Crippen LogP contribution in [0.3, 0.4) is 0 Å². The Hall–Kier alpha value is -2.55. The molecule has 2 nitrogen and oxygen atoms in total. The molecule has 0 N–H and O–H groups in total. The monoisotopic (exact) mass is 300 g/mol. The molecule has 0 aromatic heterocycles. The van der Waals surface area contributed by atoms with Crippen LogP contribution in [0.15, 0.2) is 54.6 Å². The molecule has 2 radical (unpaired) electrons. The highest BCUT2D eigenvalue weighted by Crippen LogP contribution is 2.33. The molecule has 23 heavy (non-hydrogen) atoms. The van der Waals surface area contributed by atoms with Crippen molar-refractivity contribution in [2.24, 2.45) is 0 Å². The van der Waals surface area contributed by atoms with Gasteiger partial charge in [-0.2, -0.15) is 0 Å². The van der Waals surface area contributed by atoms with E-state index in [0.29, 0.717) is 16.8 Å². The topological polar surface area (TPSA) is 26.3 Å². The number of carbonyl (C=O) groups is 1. The minimum absolute atomic E-state index is 0.122. The predicted octanol–water partition coefficient (Wildman–Crippen LogP) is 3.56. The molecule has 0 fully saturated rings. The quantitative estimate of drug-likeness (QED) is 0.492. The zero-order chi connectivity index (χ0) is 16.4. The molecule has 3 rings (SSSR count). The Bertz CT molecular complexity index is 802. The summed E-state index contributed by atoms with van der Waals surface area (Å²) in [5.74, 6) is 0.470. The van der Waals surface area contributed by atoms with E-state index in [0.717, 1.165) is 11.1 Å². The maximum atomic E-state index is 12.6. The van der Waals surface area contributed by atoms with Crippen LogP contribution in [0.25, 0.3) is 12.2 Å². The standard InChI is InChI=1S/C20H17BO2/c1-20(2)11-10-15-12-16(21)13-17(19(15)23-20)18(22)9-8-14-6-4-3-5-7-14/h3-13H,1-2H3/b9-8+. The summed E-state index contributed by atoms with van der Waals surface area (Å²) in [7, 11) is 5.93. The van der Waals surface area contributed by atoms with Gasteiger partial charge in [0.2, 0.25) is 0 Å². The van der Waals surface area contributed by atoms with Gasteiger partial charge in [0.15, 0.2) is 5.78 Å². The molecule has 1 aliphatic heterocycles. The van der Waals surface area contributed by atoms with E-state index >= 15 is 0 Å². The molecular formula is C20H17BO2. The molecule has 0 saturated carbocycles. The summed E-state index contributed by atoms with van der Waals surface area (Å²) in [6.45, 7) is 3.91. The first-order valence-corrected chi connectivity index (χ1v) is 7.54. The lowest BCUT2D eigenvalue weighted by Gasteiger charge is -2.29. The average Bonchev–Trinajstić information content (AvgIpc) is 2.53. The highest BCUT2D eigenvalue weighted by atomic mass is 16.5. The lowest BCUT2D eigenvalue weighted by molar-refractivity contribution is 0.103. The van der Waals surface area contributed by atoms with Gasteiger partial charge in [0.05, 0.1) is 5.56 Å². The molecule has 0 spiro atoms. The van der Waals surface area contributed by atoms with E-state index in [9.17, 15) is 4.79 Å². The number of benzene rings is 2. The van der Waals surface area contributed by atoms with E-state index in [-0.39, 0.29) is 5.78 Å². The van der Waals surface area contributed by atoms with Crippen molar-refractivity contribution in [3.63, 3.8) is 0 Å². The number of allylic oxidation sites excluding steroid dienone is 1. The summed E-state index contributed by atoms with van der Waals surface area (Å²) in [5.41, 5.74) is 2.40. The van der Waals surface area contributed by atoms with Crippen LogP contribution in [0, 0.1) is 0 Å². The van der Waals surface area contributed by atoms with Crippen molar-refractivity contribution in [1.29, 1.82) is 0 Å². The third-order valence-corrected chi connectivity index (χ3v) is 3.66. The van der Waals surface area contributed by atoms with Crippen LogP contribution >= 0.6 is 0 Å². The first-order valence-electron chi connectivity index (χ1n) is 7.54. The second kappa shape index (κ2) is 5.92. The number of fused-ring (bicyclic) bond motifs is 1. The third-order valence-electron chi connectivity index (χ3n) is 3.66. The van der Waals surface area contributed by atoms with E-state index in [2.05, 4.69) is 0 Å². The van der Waals surface area contributed by atoms with Crippen LogP contribution in [0.4, 0.5) is 0 Å². The van der Waals surface area contributed by atoms with Crippen molar-refractivity contribution < 1.29 is 9.53 Å². The zero-order valence-electron chi connectivity index (χ0n) is 13.2. The van der Waals surface area contributed by atoms with E-state index in [4.69, 9.17) is 12.6 Å². The molecule has 0 unspecified atom stereocenters. The molecule has 0 saturated heterocycles. The first-order chi connectivity index (χ1) is 10.9. The van der Waals surface area contributed by atoms with Gasteiger partial charge in [0.25, 0.3) is 0 Å². The lowest BCUT2D eigenvalue weighted by atomic mass is 9.88. The highest BCUT2D eigenvalue weighted by molar-refractivity contribution is 6.33. The molecule has 0 amide bonds. The van der Waals surface area contributed by atoms with Crippen LogP contribution in [0.2, 0.25) is 0 Å². The second-order valence-electron chi connectivity index (χ2n) is 6.13. The molecule has 1 aliphatic rings. The summed E-state index contributed by atoms with van der Waals surface area (Å²) in [4.78, 5) is 12.6. The van der Waals surface area contributed by atoms with Crippen molar-refractivity contribution in [1.82, 2.24) is 0 Å². The number of ether oxygens (including phenoxy) is 1. The Balaban J connectivity index is 1.97. The number of hydrogen-bond acceptors (Lipinski definition) is 2. The van der Waals surface area contributed by atoms with Gasteiger partial charge in [-0.05, 0) is 31.6 Å². The molecule has 112 valence electrons. The largest absolute Gasteiger partial charge is 0.482 e. The van der Waals surface area contributed by atoms with Gasteiger partial charge in [-0.15, -0.1) is 0 Å². The van der Waals surface area contributed by atoms with Crippen LogP contribution < -0.4 is 10.2 Å². The molecule has 0 aliphatic carbocycles. The maximum absolute atomic E-state index is 12.6. The van der Waals surface area contributed by atoms with Gasteiger partial charge in [-0.25, -0.2) is 0 Å². The molecule has 0 bridgehead atoms. The number of carbonyl (C=O) groups excluding carboxylic acids is 1. The average molecular weight is 300 g/mol. The first kappa shape index (κ1) is 15.4. The van der Waals surface area contributed by atoms with Gasteiger partial charge < -0.3 is 4.74 Å². The fraction of sp³-hybridized carbons (Fsp3) is 0.150. The number of ketones is 1. The van der Waals surface area contributed by atoms with Crippen LogP contribution in [0.5, 0.6) is 5.75 Å². The van der Waals surface area contributed by atoms with Crippen molar-refractivity contribution in [3.8, 4) is 5.75 Å². The Morgan fingerprint density at radius 2 is 1.91 bits per heavy atom. The van der Waals surface area contributed by atoms with E-state index in [1.54, 1.807) is 18.2 Å². The van der Waals surface area contributed by atoms with Crippen LogP contribution in [-0.4, -0.2) is 19.2 Å². The number of rotatable bonds is 3. The van der Waals surface area contributed by atoms with Crippen molar-refractivity contribution in [2.75, 3.05) is 0 Å². The fourth-order valence-electron chi connectivity index (χ4n) is 2.51. The lowest BCUT2D eigenvalue weighted by Crippen LogP contribution is -2.29. The summed E-state index contributed by atoms with van der Waals surface area (Å²) in [6, 6.07) is 13.2. The Labute approximate surface area is 137 Å². The molecule has 3 heteroatoms. The van der Waals surface area contributed by atoms with Gasteiger partial charge in [-0.1, -0.05) is 60.1 Å². The Morgan fingerprint density at radius 1 is 1.17 bits per heavy atom. The van der Waals surface area contributed by atoms with Crippen LogP contribution in [-0.2, 0) is 0 Å². The number of hydrogen-bond donors (Lipinski definition) is 0. The van der Waals surface area contributed by atoms with Gasteiger partial charge >= 0.3 is 0 Å². The van der Waals surface area contributed by atoms with Crippen molar-refractivity contribution >= 4 is 31.2 Å². The maximum Gasteiger partial charge on any atom is 0.189 e. The predicted molar refractivity (Wildman–Crippen MR) is 95.4 cm³/mol. The fourth-order valence-corrected chi connectivity index (χ4v) is 2.51. The zero-order valence-corrected chi connectivity index (χ0v) is 13.2. The van der Waals surface area contributed by atoms with Gasteiger partial charge in [0.1, 0.15) is 19.2 Å². The molecule has 2 aromatic rings. The summed E-state index contributed by atoms with van der Waals surface area (Å²) in [5, 5.41) is 0. The summed E-state index contributed by atoms with van der Waals surface area (Å²) < 4.78 is 5.98. The van der Waals surface area contributed by atoms with Crippen LogP contribution in [0.1, 0.15) is 35.3 Å². The summed E-state index contributed by atoms with van der Waals surface area (Å²) in [6.07, 6.45) is 7.26. The third kappa shape index (κ3) is 3.45. The summed E-state index contributed by atoms with van der Waals surface area (Å²) >= 11 is 0. The minimum Gasteiger partial charge on any atom is -0.482 e. The van der Waals surface area contributed by atoms with Gasteiger partial charge in [-0.3, -0.25) is 4.79 Å². The molecule has 0 atom stereocenters. The second-order valence-corrected chi connectivity index (χ2v) is 6.13. The van der Waals surface area contributed by atoms with Crippen molar-refractivity contribution in [2.45, 2.75) is 19.4 Å². The Morgan fingerprint density at radius 3 is 2.65 bits per heavy atom. The van der Waals surface area contributed by atoms with E-state index in [1.807, 2.05) is 62.4 Å². The SMILES string of the molecule is [B]c1cc2c(c(C(=O)/C=C/c3ccccc3)c1)OC(C)(C)C=C2.